The highest BCUT2D eigenvalue weighted by atomic mass is 127. The Morgan fingerprint density at radius 1 is 1.23 bits per heavy atom. The van der Waals surface area contributed by atoms with Gasteiger partial charge < -0.3 is 25.0 Å². The fourth-order valence-electron chi connectivity index (χ4n) is 3.15. The van der Waals surface area contributed by atoms with E-state index in [1.54, 1.807) is 14.2 Å². The molecule has 0 bridgehead atoms. The number of nitrogens with one attached hydrogen (secondary N) is 2. The number of anilines is 1. The molecule has 0 radical (unpaired) electrons. The summed E-state index contributed by atoms with van der Waals surface area (Å²) >= 11 is 0. The number of hydrogen-bond donors (Lipinski definition) is 2. The van der Waals surface area contributed by atoms with Crippen molar-refractivity contribution in [2.75, 3.05) is 51.1 Å². The molecule has 0 aliphatic carbocycles. The Kier molecular flexibility index (Phi) is 11.2. The van der Waals surface area contributed by atoms with E-state index in [1.165, 1.54) is 0 Å². The minimum Gasteiger partial charge on any atom is -0.497 e. The van der Waals surface area contributed by atoms with E-state index in [4.69, 9.17) is 9.47 Å². The number of aliphatic imine (C=N–C) groups is 1. The normalized spacial score (nSPS) is 17.9. The Morgan fingerprint density at radius 3 is 2.40 bits per heavy atom. The molecule has 172 valence electrons. The van der Waals surface area contributed by atoms with Crippen molar-refractivity contribution in [3.63, 3.8) is 0 Å². The summed E-state index contributed by atoms with van der Waals surface area (Å²) in [5.74, 6) is 2.93. The third-order valence-corrected chi connectivity index (χ3v) is 6.72. The molecule has 2 rings (SSSR count). The van der Waals surface area contributed by atoms with Crippen molar-refractivity contribution in [3.8, 4) is 11.5 Å². The molecule has 2 N–H and O–H groups in total. The quantitative estimate of drug-likeness (QED) is 0.294. The third-order valence-electron chi connectivity index (χ3n) is 4.80. The topological polar surface area (TPSA) is 75.2 Å². The first-order valence-corrected chi connectivity index (χ1v) is 11.5. The van der Waals surface area contributed by atoms with Crippen LogP contribution in [0.5, 0.6) is 11.5 Å². The molecule has 2 unspecified atom stereocenters. The Morgan fingerprint density at radius 2 is 1.87 bits per heavy atom. The number of hydrogen-bond acceptors (Lipinski definition) is 5. The maximum atomic E-state index is 12.2. The smallest absolute Gasteiger partial charge is 0.191 e. The summed E-state index contributed by atoms with van der Waals surface area (Å²) in [6.45, 7) is 11.2. The Bertz CT molecular complexity index is 702. The zero-order chi connectivity index (χ0) is 21.4. The van der Waals surface area contributed by atoms with Crippen LogP contribution in [0.3, 0.4) is 0 Å². The van der Waals surface area contributed by atoms with E-state index in [1.807, 2.05) is 45.9 Å². The van der Waals surface area contributed by atoms with Crippen molar-refractivity contribution in [1.82, 2.24) is 10.6 Å². The second-order valence-electron chi connectivity index (χ2n) is 8.07. The van der Waals surface area contributed by atoms with Crippen molar-refractivity contribution in [1.29, 1.82) is 0 Å². The summed E-state index contributed by atoms with van der Waals surface area (Å²) < 4.78 is 22.8. The monoisotopic (exact) mass is 552 g/mol. The predicted molar refractivity (Wildman–Crippen MR) is 137 cm³/mol. The number of rotatable bonds is 8. The van der Waals surface area contributed by atoms with Gasteiger partial charge in [0.2, 0.25) is 0 Å². The molecule has 1 aliphatic rings. The van der Waals surface area contributed by atoms with Crippen LogP contribution >= 0.6 is 24.0 Å². The molecule has 1 saturated heterocycles. The van der Waals surface area contributed by atoms with Crippen LogP contribution in [0, 0.1) is 0 Å². The van der Waals surface area contributed by atoms with E-state index in [-0.39, 0.29) is 34.8 Å². The van der Waals surface area contributed by atoms with Crippen molar-refractivity contribution >= 4 is 46.4 Å². The summed E-state index contributed by atoms with van der Waals surface area (Å²) in [4.78, 5) is 6.95. The van der Waals surface area contributed by atoms with Crippen LogP contribution in [0.25, 0.3) is 0 Å². The van der Waals surface area contributed by atoms with Gasteiger partial charge in [-0.2, -0.15) is 0 Å². The summed E-state index contributed by atoms with van der Waals surface area (Å²) in [5.41, 5.74) is 1.09. The molecule has 1 fully saturated rings. The van der Waals surface area contributed by atoms with Gasteiger partial charge in [0.15, 0.2) is 5.96 Å². The molecule has 0 aromatic heterocycles. The highest BCUT2D eigenvalue weighted by Gasteiger charge is 2.24. The maximum Gasteiger partial charge on any atom is 0.191 e. The van der Waals surface area contributed by atoms with Gasteiger partial charge in [-0.1, -0.05) is 0 Å². The number of guanidine groups is 1. The van der Waals surface area contributed by atoms with Crippen LogP contribution in [0.2, 0.25) is 0 Å². The van der Waals surface area contributed by atoms with Crippen molar-refractivity contribution in [2.45, 2.75) is 44.9 Å². The molecule has 0 amide bonds. The van der Waals surface area contributed by atoms with Crippen molar-refractivity contribution in [3.05, 3.63) is 18.2 Å². The molecule has 1 aromatic carbocycles. The number of nitrogens with zero attached hydrogens (tertiary/aromatic N) is 2. The number of methoxy groups -OCH3 is 2. The van der Waals surface area contributed by atoms with Crippen molar-refractivity contribution in [2.24, 2.45) is 4.99 Å². The van der Waals surface area contributed by atoms with Gasteiger partial charge in [0, 0.05) is 70.9 Å². The van der Waals surface area contributed by atoms with Crippen LogP contribution in [0.15, 0.2) is 23.2 Å². The van der Waals surface area contributed by atoms with Crippen LogP contribution in [-0.4, -0.2) is 67.1 Å². The fraction of sp³-hybridized carbons (Fsp3) is 0.667. The SMILES string of the molecule is CCNC(=NCCS(=O)C(C)(C)C)NC1CCN(c2cc(OC)cc(OC)c2)C1.I. The molecule has 0 saturated carbocycles. The van der Waals surface area contributed by atoms with Crippen LogP contribution in [0.4, 0.5) is 5.69 Å². The Balaban J connectivity index is 0.00000450. The van der Waals surface area contributed by atoms with Crippen LogP contribution in [0.1, 0.15) is 34.1 Å². The minimum atomic E-state index is -0.893. The number of benzene rings is 1. The van der Waals surface area contributed by atoms with Gasteiger partial charge in [0.1, 0.15) is 11.5 Å². The predicted octanol–water partition coefficient (Wildman–Crippen LogP) is 3.00. The Labute approximate surface area is 200 Å². The average molecular weight is 553 g/mol. The maximum absolute atomic E-state index is 12.2. The summed E-state index contributed by atoms with van der Waals surface area (Å²) in [6, 6.07) is 6.24. The zero-order valence-corrected chi connectivity index (χ0v) is 22.1. The largest absolute Gasteiger partial charge is 0.497 e. The lowest BCUT2D eigenvalue weighted by Crippen LogP contribution is -2.44. The molecule has 1 aromatic rings. The third kappa shape index (κ3) is 8.13. The molecular weight excluding hydrogens is 515 g/mol. The first-order valence-electron chi connectivity index (χ1n) is 10.2. The first kappa shape index (κ1) is 26.8. The van der Waals surface area contributed by atoms with E-state index < -0.39 is 10.8 Å². The molecule has 1 heterocycles. The summed E-state index contributed by atoms with van der Waals surface area (Å²) in [7, 11) is 2.44. The molecule has 7 nitrogen and oxygen atoms in total. The summed E-state index contributed by atoms with van der Waals surface area (Å²) in [5, 5.41) is 6.82. The highest BCUT2D eigenvalue weighted by molar-refractivity contribution is 14.0. The minimum absolute atomic E-state index is 0. The van der Waals surface area contributed by atoms with Crippen LogP contribution in [-0.2, 0) is 10.8 Å². The zero-order valence-electron chi connectivity index (χ0n) is 19.0. The highest BCUT2D eigenvalue weighted by Crippen LogP contribution is 2.30. The van der Waals surface area contributed by atoms with E-state index in [0.29, 0.717) is 12.3 Å². The average Bonchev–Trinajstić information content (AvgIpc) is 3.15. The van der Waals surface area contributed by atoms with Crippen LogP contribution < -0.4 is 25.0 Å². The number of halogens is 1. The van der Waals surface area contributed by atoms with Gasteiger partial charge in [-0.05, 0) is 34.1 Å². The number of ether oxygens (including phenoxy) is 2. The second kappa shape index (κ2) is 12.6. The molecule has 2 atom stereocenters. The lowest BCUT2D eigenvalue weighted by Gasteiger charge is -2.21. The van der Waals surface area contributed by atoms with E-state index in [9.17, 15) is 4.21 Å². The standard InChI is InChI=1S/C21H36N4O3S.HI/c1-7-22-20(23-9-11-29(26)21(2,3)4)24-16-8-10-25(15-16)17-12-18(27-5)14-19(13-17)28-6;/h12-14,16H,7-11,15H2,1-6H3,(H2,22,23,24);1H. The molecule has 1 aliphatic heterocycles. The fourth-order valence-corrected chi connectivity index (χ4v) is 4.02. The van der Waals surface area contributed by atoms with Gasteiger partial charge in [-0.3, -0.25) is 9.20 Å². The summed E-state index contributed by atoms with van der Waals surface area (Å²) in [6.07, 6.45) is 1.01. The van der Waals surface area contributed by atoms with Crippen molar-refractivity contribution < 1.29 is 13.7 Å². The molecule has 0 spiro atoms. The molecule has 9 heteroatoms. The van der Waals surface area contributed by atoms with E-state index in [2.05, 4.69) is 20.5 Å². The van der Waals surface area contributed by atoms with Gasteiger partial charge in [-0.15, -0.1) is 24.0 Å². The second-order valence-corrected chi connectivity index (χ2v) is 10.4. The van der Waals surface area contributed by atoms with Gasteiger partial charge in [-0.25, -0.2) is 0 Å². The molecule has 30 heavy (non-hydrogen) atoms. The van der Waals surface area contributed by atoms with Gasteiger partial charge in [0.05, 0.1) is 20.8 Å². The Hall–Kier alpha value is -1.23. The van der Waals surface area contributed by atoms with E-state index in [0.717, 1.165) is 49.2 Å². The lowest BCUT2D eigenvalue weighted by atomic mass is 10.2. The van der Waals surface area contributed by atoms with Gasteiger partial charge >= 0.3 is 0 Å². The van der Waals surface area contributed by atoms with E-state index >= 15 is 0 Å². The molecular formula is C21H37IN4O3S. The first-order chi connectivity index (χ1) is 13.8. The van der Waals surface area contributed by atoms with Gasteiger partial charge in [0.25, 0.3) is 0 Å². The lowest BCUT2D eigenvalue weighted by molar-refractivity contribution is 0.394.